The Labute approximate surface area is 107 Å². The van der Waals surface area contributed by atoms with E-state index in [1.54, 1.807) is 13.3 Å². The van der Waals surface area contributed by atoms with Crippen LogP contribution in [-0.2, 0) is 17.8 Å². The maximum atomic E-state index is 5.01. The number of rotatable bonds is 8. The first-order chi connectivity index (χ1) is 8.90. The van der Waals surface area contributed by atoms with Crippen LogP contribution in [0.25, 0.3) is 0 Å². The van der Waals surface area contributed by atoms with E-state index < -0.39 is 0 Å². The number of hydrogen-bond donors (Lipinski definition) is 1. The number of ether oxygens (including phenoxy) is 1. The van der Waals surface area contributed by atoms with Crippen LogP contribution in [-0.4, -0.2) is 39.4 Å². The zero-order chi connectivity index (χ0) is 12.6. The molecule has 2 aromatic heterocycles. The largest absolute Gasteiger partial charge is 0.385 e. The van der Waals surface area contributed by atoms with Gasteiger partial charge in [0.1, 0.15) is 0 Å². The second-order valence-corrected chi connectivity index (χ2v) is 4.02. The molecule has 2 heterocycles. The molecular formula is C12H19N5O. The van der Waals surface area contributed by atoms with E-state index in [1.807, 2.05) is 24.9 Å². The van der Waals surface area contributed by atoms with E-state index >= 15 is 0 Å². The maximum absolute atomic E-state index is 5.01. The van der Waals surface area contributed by atoms with Crippen LogP contribution in [0.3, 0.4) is 0 Å². The molecule has 0 aromatic carbocycles. The number of aromatic nitrogens is 4. The van der Waals surface area contributed by atoms with Crippen molar-refractivity contribution < 1.29 is 4.74 Å². The Hall–Kier alpha value is -1.82. The van der Waals surface area contributed by atoms with Crippen molar-refractivity contribution in [2.45, 2.75) is 19.5 Å². The molecule has 0 radical (unpaired) electrons. The molecule has 18 heavy (non-hydrogen) atoms. The molecule has 0 unspecified atom stereocenters. The molecule has 1 N–H and O–H groups in total. The normalized spacial score (nSPS) is 10.7. The Morgan fingerprint density at radius 2 is 2.22 bits per heavy atom. The molecule has 0 saturated heterocycles. The van der Waals surface area contributed by atoms with Gasteiger partial charge in [-0.05, 0) is 6.42 Å². The van der Waals surface area contributed by atoms with Crippen LogP contribution in [0.15, 0.2) is 31.1 Å². The summed E-state index contributed by atoms with van der Waals surface area (Å²) in [7, 11) is 1.71. The Morgan fingerprint density at radius 3 is 3.00 bits per heavy atom. The number of anilines is 1. The van der Waals surface area contributed by atoms with Crippen molar-refractivity contribution in [3.8, 4) is 0 Å². The number of nitrogens with one attached hydrogen (secondary N) is 1. The fourth-order valence-corrected chi connectivity index (χ4v) is 1.72. The lowest BCUT2D eigenvalue weighted by Gasteiger charge is -2.10. The molecule has 0 amide bonds. The van der Waals surface area contributed by atoms with E-state index in [9.17, 15) is 0 Å². The Morgan fingerprint density at radius 1 is 1.28 bits per heavy atom. The van der Waals surface area contributed by atoms with E-state index in [0.29, 0.717) is 0 Å². The molecule has 0 spiro atoms. The fraction of sp³-hybridized carbons (Fsp3) is 0.500. The molecule has 6 heteroatoms. The highest BCUT2D eigenvalue weighted by molar-refractivity contribution is 5.25. The Balaban J connectivity index is 1.79. The summed E-state index contributed by atoms with van der Waals surface area (Å²) in [4.78, 5) is 8.32. The highest BCUT2D eigenvalue weighted by Gasteiger charge is 2.01. The summed E-state index contributed by atoms with van der Waals surface area (Å²) in [5.74, 6) is 0.909. The summed E-state index contributed by atoms with van der Waals surface area (Å²) in [6.07, 6.45) is 10.3. The van der Waals surface area contributed by atoms with Crippen LogP contribution < -0.4 is 5.32 Å². The van der Waals surface area contributed by atoms with Crippen LogP contribution in [0.1, 0.15) is 6.42 Å². The monoisotopic (exact) mass is 249 g/mol. The van der Waals surface area contributed by atoms with Crippen molar-refractivity contribution in [2.24, 2.45) is 0 Å². The van der Waals surface area contributed by atoms with Crippen molar-refractivity contribution in [1.29, 1.82) is 0 Å². The van der Waals surface area contributed by atoms with E-state index in [0.717, 1.165) is 38.6 Å². The zero-order valence-electron chi connectivity index (χ0n) is 10.6. The van der Waals surface area contributed by atoms with Crippen LogP contribution in [0.4, 0.5) is 5.95 Å². The molecule has 0 bridgehead atoms. The summed E-state index contributed by atoms with van der Waals surface area (Å²) >= 11 is 0. The minimum atomic E-state index is 0.767. The van der Waals surface area contributed by atoms with Gasteiger partial charge >= 0.3 is 0 Å². The van der Waals surface area contributed by atoms with Crippen molar-refractivity contribution in [3.05, 3.63) is 31.1 Å². The van der Waals surface area contributed by atoms with E-state index in [4.69, 9.17) is 4.74 Å². The second kappa shape index (κ2) is 6.80. The SMILES string of the molecule is COCCCNc1nccn1CCn1ccnc1. The topological polar surface area (TPSA) is 56.9 Å². The predicted molar refractivity (Wildman–Crippen MR) is 69.4 cm³/mol. The molecule has 2 aromatic rings. The predicted octanol–water partition coefficient (Wildman–Crippen LogP) is 1.23. The van der Waals surface area contributed by atoms with Gasteiger partial charge < -0.3 is 19.2 Å². The van der Waals surface area contributed by atoms with Crippen LogP contribution in [0.5, 0.6) is 0 Å². The maximum Gasteiger partial charge on any atom is 0.202 e. The number of imidazole rings is 2. The summed E-state index contributed by atoms with van der Waals surface area (Å²) in [5, 5.41) is 3.31. The van der Waals surface area contributed by atoms with Gasteiger partial charge in [-0.15, -0.1) is 0 Å². The lowest BCUT2D eigenvalue weighted by Crippen LogP contribution is -2.12. The smallest absolute Gasteiger partial charge is 0.202 e. The van der Waals surface area contributed by atoms with E-state index in [2.05, 4.69) is 24.4 Å². The van der Waals surface area contributed by atoms with Crippen LogP contribution in [0, 0.1) is 0 Å². The van der Waals surface area contributed by atoms with Gasteiger partial charge in [0, 0.05) is 58.1 Å². The first kappa shape index (κ1) is 12.6. The van der Waals surface area contributed by atoms with Gasteiger partial charge in [-0.1, -0.05) is 0 Å². The molecule has 0 aliphatic heterocycles. The summed E-state index contributed by atoms with van der Waals surface area (Å²) in [5.41, 5.74) is 0. The van der Waals surface area contributed by atoms with Gasteiger partial charge in [0.25, 0.3) is 0 Å². The number of hydrogen-bond acceptors (Lipinski definition) is 4. The minimum Gasteiger partial charge on any atom is -0.385 e. The standard InChI is InChI=1S/C12H19N5O/c1-18-10-2-3-14-12-15-5-7-17(12)9-8-16-6-4-13-11-16/h4-7,11H,2-3,8-10H2,1H3,(H,14,15). The third kappa shape index (κ3) is 3.59. The molecular weight excluding hydrogens is 230 g/mol. The summed E-state index contributed by atoms with van der Waals surface area (Å²) in [6, 6.07) is 0. The third-order valence-electron chi connectivity index (χ3n) is 2.68. The quantitative estimate of drug-likeness (QED) is 0.715. The average Bonchev–Trinajstić information content (AvgIpc) is 3.03. The number of nitrogens with zero attached hydrogens (tertiary/aromatic N) is 4. The zero-order valence-corrected chi connectivity index (χ0v) is 10.6. The van der Waals surface area contributed by atoms with Crippen LogP contribution in [0.2, 0.25) is 0 Å². The Bertz CT molecular complexity index is 437. The van der Waals surface area contributed by atoms with Crippen molar-refractivity contribution in [3.63, 3.8) is 0 Å². The second-order valence-electron chi connectivity index (χ2n) is 4.02. The molecule has 0 saturated carbocycles. The molecule has 2 rings (SSSR count). The van der Waals surface area contributed by atoms with Crippen molar-refractivity contribution >= 4 is 5.95 Å². The molecule has 0 atom stereocenters. The molecule has 98 valence electrons. The summed E-state index contributed by atoms with van der Waals surface area (Å²) < 4.78 is 9.16. The number of aryl methyl sites for hydroxylation is 2. The van der Waals surface area contributed by atoms with E-state index in [1.165, 1.54) is 0 Å². The van der Waals surface area contributed by atoms with Crippen molar-refractivity contribution in [2.75, 3.05) is 25.6 Å². The average molecular weight is 249 g/mol. The molecule has 0 aliphatic rings. The van der Waals surface area contributed by atoms with Gasteiger partial charge in [0.15, 0.2) is 0 Å². The van der Waals surface area contributed by atoms with Gasteiger partial charge in [-0.3, -0.25) is 0 Å². The van der Waals surface area contributed by atoms with Gasteiger partial charge in [-0.2, -0.15) is 0 Å². The lowest BCUT2D eigenvalue weighted by atomic mass is 10.4. The Kier molecular flexibility index (Phi) is 4.78. The van der Waals surface area contributed by atoms with Gasteiger partial charge in [0.05, 0.1) is 6.33 Å². The minimum absolute atomic E-state index is 0.767. The highest BCUT2D eigenvalue weighted by atomic mass is 16.5. The lowest BCUT2D eigenvalue weighted by molar-refractivity contribution is 0.197. The van der Waals surface area contributed by atoms with Crippen LogP contribution >= 0.6 is 0 Å². The van der Waals surface area contributed by atoms with Crippen molar-refractivity contribution in [1.82, 2.24) is 19.1 Å². The molecule has 0 aliphatic carbocycles. The first-order valence-electron chi connectivity index (χ1n) is 6.10. The molecule has 0 fully saturated rings. The third-order valence-corrected chi connectivity index (χ3v) is 2.68. The van der Waals surface area contributed by atoms with E-state index in [-0.39, 0.29) is 0 Å². The first-order valence-corrected chi connectivity index (χ1v) is 6.10. The highest BCUT2D eigenvalue weighted by Crippen LogP contribution is 2.05. The van der Waals surface area contributed by atoms with Gasteiger partial charge in [-0.25, -0.2) is 9.97 Å². The number of methoxy groups -OCH3 is 1. The fourth-order valence-electron chi connectivity index (χ4n) is 1.72. The summed E-state index contributed by atoms with van der Waals surface area (Å²) in [6.45, 7) is 3.41. The molecule has 6 nitrogen and oxygen atoms in total. The van der Waals surface area contributed by atoms with Gasteiger partial charge in [0.2, 0.25) is 5.95 Å².